The van der Waals surface area contributed by atoms with E-state index in [0.29, 0.717) is 0 Å². The van der Waals surface area contributed by atoms with E-state index in [1.807, 2.05) is 0 Å². The van der Waals surface area contributed by atoms with Gasteiger partial charge in [-0.15, -0.1) is 0 Å². The van der Waals surface area contributed by atoms with Gasteiger partial charge in [-0.1, -0.05) is 47.0 Å². The van der Waals surface area contributed by atoms with Crippen LogP contribution in [-0.2, 0) is 0 Å². The Labute approximate surface area is 90.5 Å². The molecule has 84 valence electrons. The molecule has 0 amide bonds. The first-order chi connectivity index (χ1) is 6.61. The molecule has 0 N–H and O–H groups in total. The molecule has 14 heavy (non-hydrogen) atoms. The summed E-state index contributed by atoms with van der Waals surface area (Å²) < 4.78 is 0. The molecule has 1 aliphatic rings. The molecular formula is C14H28. The topological polar surface area (TPSA) is 0 Å². The lowest BCUT2D eigenvalue weighted by Crippen LogP contribution is -2.11. The fourth-order valence-corrected chi connectivity index (χ4v) is 2.57. The van der Waals surface area contributed by atoms with Crippen molar-refractivity contribution >= 4 is 0 Å². The van der Waals surface area contributed by atoms with Gasteiger partial charge in [-0.2, -0.15) is 0 Å². The Morgan fingerprint density at radius 3 is 1.93 bits per heavy atom. The van der Waals surface area contributed by atoms with Gasteiger partial charge in [0.15, 0.2) is 0 Å². The molecule has 0 aromatic rings. The normalized spacial score (nSPS) is 19.3. The molecule has 1 saturated carbocycles. The number of hydrogen-bond donors (Lipinski definition) is 0. The highest BCUT2D eigenvalue weighted by molar-refractivity contribution is 4.82. The molecule has 0 unspecified atom stereocenters. The van der Waals surface area contributed by atoms with Gasteiger partial charge in [0.1, 0.15) is 0 Å². The van der Waals surface area contributed by atoms with Crippen molar-refractivity contribution in [2.24, 2.45) is 23.7 Å². The highest BCUT2D eigenvalue weighted by Crippen LogP contribution is 2.42. The summed E-state index contributed by atoms with van der Waals surface area (Å²) in [6.07, 6.45) is 8.88. The summed E-state index contributed by atoms with van der Waals surface area (Å²) in [5, 5.41) is 0. The van der Waals surface area contributed by atoms with Crippen molar-refractivity contribution in [2.45, 2.75) is 66.2 Å². The molecular weight excluding hydrogens is 168 g/mol. The van der Waals surface area contributed by atoms with Gasteiger partial charge in [-0.25, -0.2) is 0 Å². The molecule has 1 aliphatic carbocycles. The van der Waals surface area contributed by atoms with E-state index in [1.54, 1.807) is 0 Å². The van der Waals surface area contributed by atoms with Crippen molar-refractivity contribution in [2.75, 3.05) is 0 Å². The molecule has 0 bridgehead atoms. The molecule has 0 heteroatoms. The van der Waals surface area contributed by atoms with Crippen LogP contribution in [0.1, 0.15) is 66.2 Å². The zero-order valence-corrected chi connectivity index (χ0v) is 10.6. The molecule has 0 aromatic carbocycles. The summed E-state index contributed by atoms with van der Waals surface area (Å²) in [7, 11) is 0. The Kier molecular flexibility index (Phi) is 4.98. The largest absolute Gasteiger partial charge is 0.0628 e. The van der Waals surface area contributed by atoms with E-state index >= 15 is 0 Å². The van der Waals surface area contributed by atoms with Crippen LogP contribution in [0.2, 0.25) is 0 Å². The van der Waals surface area contributed by atoms with Crippen LogP contribution >= 0.6 is 0 Å². The van der Waals surface area contributed by atoms with Gasteiger partial charge in [-0.3, -0.25) is 0 Å². The van der Waals surface area contributed by atoms with Crippen molar-refractivity contribution in [3.63, 3.8) is 0 Å². The number of rotatable bonds is 7. The molecule has 1 fully saturated rings. The summed E-state index contributed by atoms with van der Waals surface area (Å²) in [4.78, 5) is 0. The highest BCUT2D eigenvalue weighted by atomic mass is 14.4. The minimum absolute atomic E-state index is 0.897. The third-order valence-corrected chi connectivity index (χ3v) is 3.65. The van der Waals surface area contributed by atoms with Crippen LogP contribution in [0.3, 0.4) is 0 Å². The van der Waals surface area contributed by atoms with E-state index in [4.69, 9.17) is 0 Å². The first-order valence-electron chi connectivity index (χ1n) is 6.61. The van der Waals surface area contributed by atoms with E-state index in [-0.39, 0.29) is 0 Å². The zero-order valence-electron chi connectivity index (χ0n) is 10.6. The summed E-state index contributed by atoms with van der Waals surface area (Å²) in [6.45, 7) is 9.48. The van der Waals surface area contributed by atoms with Crippen molar-refractivity contribution in [1.29, 1.82) is 0 Å². The van der Waals surface area contributed by atoms with E-state index in [2.05, 4.69) is 27.7 Å². The van der Waals surface area contributed by atoms with Crippen LogP contribution in [0.25, 0.3) is 0 Å². The lowest BCUT2D eigenvalue weighted by Gasteiger charge is -2.20. The average molecular weight is 196 g/mol. The Bertz CT molecular complexity index is 140. The highest BCUT2D eigenvalue weighted by Gasteiger charge is 2.32. The van der Waals surface area contributed by atoms with Crippen LogP contribution in [0.4, 0.5) is 0 Å². The third-order valence-electron chi connectivity index (χ3n) is 3.65. The van der Waals surface area contributed by atoms with E-state index in [1.165, 1.54) is 38.5 Å². The molecule has 0 nitrogen and oxygen atoms in total. The first-order valence-corrected chi connectivity index (χ1v) is 6.61. The third kappa shape index (κ3) is 4.48. The van der Waals surface area contributed by atoms with Gasteiger partial charge >= 0.3 is 0 Å². The second-order valence-electron chi connectivity index (χ2n) is 5.92. The van der Waals surface area contributed by atoms with E-state index < -0.39 is 0 Å². The Morgan fingerprint density at radius 2 is 1.50 bits per heavy atom. The molecule has 1 rings (SSSR count). The van der Waals surface area contributed by atoms with E-state index in [9.17, 15) is 0 Å². The first kappa shape index (κ1) is 12.1. The maximum atomic E-state index is 2.41. The van der Waals surface area contributed by atoms with Crippen LogP contribution in [0.15, 0.2) is 0 Å². The smallest absolute Gasteiger partial charge is 0.0363 e. The van der Waals surface area contributed by atoms with E-state index in [0.717, 1.165) is 23.7 Å². The Hall–Kier alpha value is 0. The second-order valence-corrected chi connectivity index (χ2v) is 5.92. The van der Waals surface area contributed by atoms with Gasteiger partial charge in [0.25, 0.3) is 0 Å². The monoisotopic (exact) mass is 196 g/mol. The maximum absolute atomic E-state index is 2.41. The molecule has 0 saturated heterocycles. The van der Waals surface area contributed by atoms with Crippen molar-refractivity contribution in [3.8, 4) is 0 Å². The quantitative estimate of drug-likeness (QED) is 0.509. The zero-order chi connectivity index (χ0) is 10.6. The van der Waals surface area contributed by atoms with Gasteiger partial charge < -0.3 is 0 Å². The summed E-state index contributed by atoms with van der Waals surface area (Å²) in [6, 6.07) is 0. The summed E-state index contributed by atoms with van der Waals surface area (Å²) in [5.74, 6) is 3.96. The predicted octanol–water partition coefficient (Wildman–Crippen LogP) is 4.89. The fourth-order valence-electron chi connectivity index (χ4n) is 2.57. The van der Waals surface area contributed by atoms with Crippen molar-refractivity contribution in [1.82, 2.24) is 0 Å². The predicted molar refractivity (Wildman–Crippen MR) is 64.4 cm³/mol. The lowest BCUT2D eigenvalue weighted by molar-refractivity contribution is 0.304. The van der Waals surface area contributed by atoms with Crippen LogP contribution in [0, 0.1) is 23.7 Å². The van der Waals surface area contributed by atoms with Gasteiger partial charge in [0, 0.05) is 0 Å². The Morgan fingerprint density at radius 1 is 0.929 bits per heavy atom. The summed E-state index contributed by atoms with van der Waals surface area (Å²) >= 11 is 0. The molecule has 0 aromatic heterocycles. The van der Waals surface area contributed by atoms with Crippen molar-refractivity contribution in [3.05, 3.63) is 0 Å². The van der Waals surface area contributed by atoms with Crippen molar-refractivity contribution < 1.29 is 0 Å². The standard InChI is InChI=1S/C14H28/c1-11(2)7-5-6-8-14(12(3)4)13-9-10-13/h11-14H,5-10H2,1-4H3/t14-/m0/s1. The second kappa shape index (κ2) is 5.78. The maximum Gasteiger partial charge on any atom is -0.0363 e. The van der Waals surface area contributed by atoms with Gasteiger partial charge in [0.05, 0.1) is 0 Å². The van der Waals surface area contributed by atoms with Crippen LogP contribution in [0.5, 0.6) is 0 Å². The average Bonchev–Trinajstić information content (AvgIpc) is 2.86. The number of hydrogen-bond acceptors (Lipinski definition) is 0. The molecule has 0 spiro atoms. The lowest BCUT2D eigenvalue weighted by atomic mass is 9.86. The fraction of sp³-hybridized carbons (Fsp3) is 1.00. The minimum atomic E-state index is 0.897. The van der Waals surface area contributed by atoms with Crippen LogP contribution in [-0.4, -0.2) is 0 Å². The number of unbranched alkanes of at least 4 members (excludes halogenated alkanes) is 1. The molecule has 1 atom stereocenters. The summed E-state index contributed by atoms with van der Waals surface area (Å²) in [5.41, 5.74) is 0. The van der Waals surface area contributed by atoms with Gasteiger partial charge in [0.2, 0.25) is 0 Å². The van der Waals surface area contributed by atoms with Crippen LogP contribution < -0.4 is 0 Å². The molecule has 0 heterocycles. The molecule has 0 aliphatic heterocycles. The SMILES string of the molecule is CC(C)CCCC[C@@H](C(C)C)C1CC1. The minimum Gasteiger partial charge on any atom is -0.0628 e. The molecule has 0 radical (unpaired) electrons. The Balaban J connectivity index is 2.08. The van der Waals surface area contributed by atoms with Gasteiger partial charge in [-0.05, 0) is 42.9 Å².